The van der Waals surface area contributed by atoms with E-state index < -0.39 is 51.9 Å². The third-order valence-electron chi connectivity index (χ3n) is 6.74. The molecule has 1 saturated heterocycles. The van der Waals surface area contributed by atoms with E-state index in [4.69, 9.17) is 0 Å². The van der Waals surface area contributed by atoms with E-state index >= 15 is 8.78 Å². The normalized spacial score (nSPS) is 18.5. The predicted octanol–water partition coefficient (Wildman–Crippen LogP) is 5.67. The molecule has 1 aliphatic heterocycles. The van der Waals surface area contributed by atoms with Crippen LogP contribution in [-0.4, -0.2) is 53.0 Å². The van der Waals surface area contributed by atoms with E-state index in [-0.39, 0.29) is 29.4 Å². The van der Waals surface area contributed by atoms with Gasteiger partial charge in [-0.25, -0.2) is 23.1 Å². The minimum absolute atomic E-state index is 0.0227. The number of carbonyl (C=O) groups excluding carboxylic acids is 1. The van der Waals surface area contributed by atoms with Crippen LogP contribution in [0.25, 0.3) is 11.1 Å². The third-order valence-corrected chi connectivity index (χ3v) is 6.74. The van der Waals surface area contributed by atoms with Crippen molar-refractivity contribution in [3.63, 3.8) is 0 Å². The van der Waals surface area contributed by atoms with Crippen LogP contribution < -0.4 is 10.2 Å². The van der Waals surface area contributed by atoms with Crippen LogP contribution in [0.2, 0.25) is 0 Å². The van der Waals surface area contributed by atoms with Crippen LogP contribution in [0.3, 0.4) is 0 Å². The van der Waals surface area contributed by atoms with Crippen molar-refractivity contribution < 1.29 is 31.1 Å². The number of amides is 1. The van der Waals surface area contributed by atoms with Gasteiger partial charge >= 0.3 is 6.18 Å². The van der Waals surface area contributed by atoms with Crippen molar-refractivity contribution in [1.82, 2.24) is 14.9 Å². The number of aryl methyl sites for hydroxylation is 1. The molecule has 6 nitrogen and oxygen atoms in total. The molecule has 1 N–H and O–H groups in total. The van der Waals surface area contributed by atoms with Gasteiger partial charge in [0.15, 0.2) is 5.82 Å². The summed E-state index contributed by atoms with van der Waals surface area (Å²) >= 11 is 0. The first-order valence-corrected chi connectivity index (χ1v) is 11.7. The van der Waals surface area contributed by atoms with E-state index in [1.807, 2.05) is 20.9 Å². The summed E-state index contributed by atoms with van der Waals surface area (Å²) in [6.07, 6.45) is -2.64. The van der Waals surface area contributed by atoms with Crippen molar-refractivity contribution in [3.8, 4) is 11.1 Å². The molecule has 0 bridgehead atoms. The SMILES string of the molecule is Cc1ncc(-c2c(F)cc(N3C[C@@H](C)N(C)[C@@H](C)C3)c(NC(=O)c3ccc(F)cc3C(F)(F)F)c2F)cn1. The maximum atomic E-state index is 16.1. The maximum Gasteiger partial charge on any atom is 0.417 e. The van der Waals surface area contributed by atoms with Crippen molar-refractivity contribution in [1.29, 1.82) is 0 Å². The number of rotatable bonds is 4. The zero-order chi connectivity index (χ0) is 27.9. The summed E-state index contributed by atoms with van der Waals surface area (Å²) in [5.74, 6) is -4.32. The second-order valence-corrected chi connectivity index (χ2v) is 9.37. The van der Waals surface area contributed by atoms with Gasteiger partial charge in [0.2, 0.25) is 0 Å². The number of aromatic nitrogens is 2. The minimum atomic E-state index is -5.05. The van der Waals surface area contributed by atoms with E-state index in [2.05, 4.69) is 20.2 Å². The quantitative estimate of drug-likeness (QED) is 0.435. The van der Waals surface area contributed by atoms with Gasteiger partial charge in [-0.2, -0.15) is 13.2 Å². The molecular formula is C26H25F6N5O. The Bertz CT molecular complexity index is 1350. The number of benzene rings is 2. The number of hydrogen-bond acceptors (Lipinski definition) is 5. The fourth-order valence-corrected chi connectivity index (χ4v) is 4.49. The van der Waals surface area contributed by atoms with Crippen LogP contribution in [0.5, 0.6) is 0 Å². The van der Waals surface area contributed by atoms with Crippen LogP contribution in [0.4, 0.5) is 37.7 Å². The molecule has 0 radical (unpaired) electrons. The summed E-state index contributed by atoms with van der Waals surface area (Å²) in [6, 6.07) is 2.53. The first-order chi connectivity index (χ1) is 17.8. The molecule has 1 amide bonds. The summed E-state index contributed by atoms with van der Waals surface area (Å²) in [6.45, 7) is 6.08. The van der Waals surface area contributed by atoms with Gasteiger partial charge in [-0.1, -0.05) is 0 Å². The molecule has 2 atom stereocenters. The van der Waals surface area contributed by atoms with E-state index in [0.29, 0.717) is 31.0 Å². The topological polar surface area (TPSA) is 61.4 Å². The lowest BCUT2D eigenvalue weighted by atomic mass is 10.0. The lowest BCUT2D eigenvalue weighted by Gasteiger charge is -2.44. The maximum absolute atomic E-state index is 16.1. The molecule has 202 valence electrons. The monoisotopic (exact) mass is 537 g/mol. The van der Waals surface area contributed by atoms with Crippen LogP contribution in [-0.2, 0) is 6.18 Å². The van der Waals surface area contributed by atoms with Gasteiger partial charge < -0.3 is 10.2 Å². The smallest absolute Gasteiger partial charge is 0.367 e. The lowest BCUT2D eigenvalue weighted by molar-refractivity contribution is -0.138. The van der Waals surface area contributed by atoms with E-state index in [1.165, 1.54) is 12.4 Å². The fourth-order valence-electron chi connectivity index (χ4n) is 4.49. The zero-order valence-electron chi connectivity index (χ0n) is 21.0. The molecule has 0 saturated carbocycles. The Morgan fingerprint density at radius 2 is 1.63 bits per heavy atom. The molecule has 2 aromatic carbocycles. The highest BCUT2D eigenvalue weighted by Crippen LogP contribution is 2.40. The first kappa shape index (κ1) is 27.4. The van der Waals surface area contributed by atoms with Crippen LogP contribution in [0.1, 0.15) is 35.6 Å². The Balaban J connectivity index is 1.86. The molecule has 0 unspecified atom stereocenters. The average Bonchev–Trinajstić information content (AvgIpc) is 2.84. The number of piperazine rings is 1. The molecule has 1 fully saturated rings. The molecule has 1 aliphatic rings. The summed E-state index contributed by atoms with van der Waals surface area (Å²) < 4.78 is 85.8. The zero-order valence-corrected chi connectivity index (χ0v) is 21.0. The summed E-state index contributed by atoms with van der Waals surface area (Å²) in [5.41, 5.74) is -3.54. The number of halogens is 6. The molecule has 1 aromatic heterocycles. The largest absolute Gasteiger partial charge is 0.417 e. The van der Waals surface area contributed by atoms with Gasteiger partial charge in [0.25, 0.3) is 5.91 Å². The summed E-state index contributed by atoms with van der Waals surface area (Å²) in [7, 11) is 1.91. The Hall–Kier alpha value is -3.67. The van der Waals surface area contributed by atoms with Gasteiger partial charge in [-0.05, 0) is 46.0 Å². The molecular weight excluding hydrogens is 512 g/mol. The summed E-state index contributed by atoms with van der Waals surface area (Å²) in [4.78, 5) is 24.7. The molecule has 3 aromatic rings. The molecule has 12 heteroatoms. The fraction of sp³-hybridized carbons (Fsp3) is 0.346. The first-order valence-electron chi connectivity index (χ1n) is 11.7. The Morgan fingerprint density at radius 1 is 1.03 bits per heavy atom. The molecule has 0 spiro atoms. The van der Waals surface area contributed by atoms with E-state index in [9.17, 15) is 22.4 Å². The van der Waals surface area contributed by atoms with Crippen molar-refractivity contribution >= 4 is 17.3 Å². The van der Waals surface area contributed by atoms with Crippen LogP contribution >= 0.6 is 0 Å². The highest BCUT2D eigenvalue weighted by molar-refractivity contribution is 6.07. The Morgan fingerprint density at radius 3 is 2.21 bits per heavy atom. The van der Waals surface area contributed by atoms with Crippen molar-refractivity contribution in [2.24, 2.45) is 0 Å². The third kappa shape index (κ3) is 5.31. The molecule has 0 aliphatic carbocycles. The van der Waals surface area contributed by atoms with E-state index in [1.54, 1.807) is 11.8 Å². The highest BCUT2D eigenvalue weighted by Gasteiger charge is 2.37. The number of carbonyl (C=O) groups is 1. The number of anilines is 2. The summed E-state index contributed by atoms with van der Waals surface area (Å²) in [5, 5.41) is 2.21. The van der Waals surface area contributed by atoms with Gasteiger partial charge in [-0.15, -0.1) is 0 Å². The molecule has 38 heavy (non-hydrogen) atoms. The minimum Gasteiger partial charge on any atom is -0.367 e. The van der Waals surface area contributed by atoms with Gasteiger partial charge in [-0.3, -0.25) is 9.69 Å². The van der Waals surface area contributed by atoms with Crippen molar-refractivity contribution in [2.75, 3.05) is 30.4 Å². The molecule has 2 heterocycles. The highest BCUT2D eigenvalue weighted by atomic mass is 19.4. The average molecular weight is 538 g/mol. The second kappa shape index (κ2) is 10.2. The van der Waals surface area contributed by atoms with E-state index in [0.717, 1.165) is 6.07 Å². The van der Waals surface area contributed by atoms with Crippen molar-refractivity contribution in [3.05, 3.63) is 71.1 Å². The Kier molecular flexibility index (Phi) is 7.37. The van der Waals surface area contributed by atoms with Crippen LogP contribution in [0.15, 0.2) is 36.7 Å². The Labute approximate surface area is 215 Å². The standard InChI is InChI=1S/C26H25F6N5O/c1-13-11-37(12-14(2)36(13)4)21-8-20(28)22(16-9-33-15(3)34-10-16)23(29)24(21)35-25(38)18-6-5-17(27)7-19(18)26(30,31)32/h5-10,13-14H,11-12H2,1-4H3,(H,35,38)/t13-,14+. The van der Waals surface area contributed by atoms with Gasteiger partial charge in [0.1, 0.15) is 23.1 Å². The lowest BCUT2D eigenvalue weighted by Crippen LogP contribution is -2.55. The number of likely N-dealkylation sites (N-methyl/N-ethyl adjacent to an activating group) is 1. The van der Waals surface area contributed by atoms with Crippen LogP contribution in [0, 0.1) is 24.4 Å². The second-order valence-electron chi connectivity index (χ2n) is 9.37. The number of nitrogens with one attached hydrogen (secondary N) is 1. The number of nitrogens with zero attached hydrogens (tertiary/aromatic N) is 4. The molecule has 4 rings (SSSR count). The number of hydrogen-bond donors (Lipinski definition) is 1. The van der Waals surface area contributed by atoms with Gasteiger partial charge in [0.05, 0.1) is 22.4 Å². The number of alkyl halides is 3. The van der Waals surface area contributed by atoms with Gasteiger partial charge in [0, 0.05) is 49.2 Å². The predicted molar refractivity (Wildman–Crippen MR) is 130 cm³/mol. The van der Waals surface area contributed by atoms with Crippen molar-refractivity contribution in [2.45, 2.75) is 39.0 Å².